The molecule has 72 heavy (non-hydrogen) atoms. The molecule has 0 radical (unpaired) electrons. The van der Waals surface area contributed by atoms with Crippen molar-refractivity contribution in [2.75, 3.05) is 26.4 Å². The minimum absolute atomic E-state index is 0.248. The van der Waals surface area contributed by atoms with E-state index in [4.69, 9.17) is 28.4 Å². The zero-order valence-corrected chi connectivity index (χ0v) is 43.7. The van der Waals surface area contributed by atoms with E-state index in [0.29, 0.717) is 6.42 Å². The van der Waals surface area contributed by atoms with Crippen molar-refractivity contribution in [1.82, 2.24) is 5.32 Å². The average molecular weight is 1040 g/mol. The highest BCUT2D eigenvalue weighted by Gasteiger charge is 2.53. The summed E-state index contributed by atoms with van der Waals surface area (Å²) < 4.78 is 34.1. The Morgan fingerprint density at radius 3 is 1.31 bits per heavy atom. The highest BCUT2D eigenvalue weighted by atomic mass is 16.8. The Hall–Kier alpha value is -1.47. The maximum absolute atomic E-state index is 13.3. The van der Waals surface area contributed by atoms with Crippen molar-refractivity contribution >= 4 is 5.91 Å². The van der Waals surface area contributed by atoms with Crippen LogP contribution < -0.4 is 5.32 Å². The molecule has 3 fully saturated rings. The summed E-state index contributed by atoms with van der Waals surface area (Å²) in [6, 6.07) is -0.965. The number of nitrogens with one attached hydrogen (secondary N) is 1. The number of unbranched alkanes of at least 4 members (excludes halogenated alkanes) is 24. The second-order valence-electron chi connectivity index (χ2n) is 20.4. The highest BCUT2D eigenvalue weighted by Crippen LogP contribution is 2.33. The maximum Gasteiger partial charge on any atom is 0.220 e. The van der Waals surface area contributed by atoms with Crippen LogP contribution >= 0.6 is 0 Å². The van der Waals surface area contributed by atoms with Crippen LogP contribution in [0.15, 0.2) is 12.2 Å². The van der Waals surface area contributed by atoms with Crippen LogP contribution in [0.1, 0.15) is 187 Å². The van der Waals surface area contributed by atoms with Crippen LogP contribution in [0, 0.1) is 0 Å². The third-order valence-corrected chi connectivity index (χ3v) is 14.3. The molecular weight excluding hydrogens is 939 g/mol. The summed E-state index contributed by atoms with van der Waals surface area (Å²) in [5.74, 6) is -0.276. The molecular formula is C53H99NO18. The van der Waals surface area contributed by atoms with Crippen molar-refractivity contribution in [1.29, 1.82) is 0 Å². The number of rotatable bonds is 40. The molecule has 0 aromatic heterocycles. The van der Waals surface area contributed by atoms with Crippen LogP contribution in [0.25, 0.3) is 0 Å². The smallest absolute Gasteiger partial charge is 0.220 e. The van der Waals surface area contributed by atoms with E-state index < -0.39 is 124 Å². The van der Waals surface area contributed by atoms with Crippen molar-refractivity contribution in [2.24, 2.45) is 0 Å². The van der Waals surface area contributed by atoms with Gasteiger partial charge in [-0.1, -0.05) is 174 Å². The first-order chi connectivity index (χ1) is 34.8. The van der Waals surface area contributed by atoms with E-state index in [1.54, 1.807) is 6.08 Å². The number of aliphatic hydroxyl groups is 11. The van der Waals surface area contributed by atoms with Crippen LogP contribution in [-0.4, -0.2) is 193 Å². The van der Waals surface area contributed by atoms with E-state index >= 15 is 0 Å². The zero-order valence-electron chi connectivity index (χ0n) is 43.7. The lowest BCUT2D eigenvalue weighted by atomic mass is 9.96. The van der Waals surface area contributed by atoms with E-state index in [2.05, 4.69) is 19.2 Å². The normalized spacial score (nSPS) is 32.0. The lowest BCUT2D eigenvalue weighted by molar-refractivity contribution is -0.379. The molecule has 424 valence electrons. The molecule has 0 aromatic carbocycles. The molecule has 17 atom stereocenters. The molecule has 1 amide bonds. The van der Waals surface area contributed by atoms with Gasteiger partial charge in [-0.05, 0) is 19.3 Å². The number of amides is 1. The minimum atomic E-state index is -1.97. The summed E-state index contributed by atoms with van der Waals surface area (Å²) in [5.41, 5.74) is 0. The van der Waals surface area contributed by atoms with Crippen molar-refractivity contribution < 1.29 is 89.4 Å². The van der Waals surface area contributed by atoms with E-state index in [1.807, 2.05) is 6.08 Å². The third kappa shape index (κ3) is 23.0. The number of aliphatic hydroxyl groups excluding tert-OH is 11. The topological polar surface area (TPSA) is 307 Å². The summed E-state index contributed by atoms with van der Waals surface area (Å²) in [6.07, 6.45) is 7.78. The average Bonchev–Trinajstić information content (AvgIpc) is 3.37. The fourth-order valence-electron chi connectivity index (χ4n) is 9.66. The summed E-state index contributed by atoms with van der Waals surface area (Å²) in [6.45, 7) is 1.69. The Morgan fingerprint density at radius 2 is 0.861 bits per heavy atom. The first kappa shape index (κ1) is 64.8. The SMILES string of the molecule is CCCCCCCCCCC/C=C/C(O)C(COC1OC(CO)C(OC2OC(CO)C(OC3OC(CO)C(O)C(O)C3O)C(O)C2O)C(O)C1O)NC(=O)CCCCCCCCCCCCCCCCCC. The molecule has 0 aliphatic carbocycles. The monoisotopic (exact) mass is 1040 g/mol. The van der Waals surface area contributed by atoms with Crippen LogP contribution in [-0.2, 0) is 33.2 Å². The molecule has 17 unspecified atom stereocenters. The second-order valence-corrected chi connectivity index (χ2v) is 20.4. The predicted molar refractivity (Wildman–Crippen MR) is 268 cm³/mol. The first-order valence-corrected chi connectivity index (χ1v) is 27.9. The van der Waals surface area contributed by atoms with Gasteiger partial charge < -0.3 is 89.9 Å². The molecule has 0 saturated carbocycles. The maximum atomic E-state index is 13.3. The van der Waals surface area contributed by atoms with Crippen molar-refractivity contribution in [2.45, 2.75) is 291 Å². The van der Waals surface area contributed by atoms with Gasteiger partial charge in [0.2, 0.25) is 5.91 Å². The molecule has 19 heteroatoms. The fourth-order valence-corrected chi connectivity index (χ4v) is 9.66. The summed E-state index contributed by atoms with van der Waals surface area (Å²) in [5, 5.41) is 120. The molecule has 0 spiro atoms. The molecule has 3 aliphatic heterocycles. The van der Waals surface area contributed by atoms with Gasteiger partial charge in [0.1, 0.15) is 73.2 Å². The zero-order chi connectivity index (χ0) is 52.7. The summed E-state index contributed by atoms with van der Waals surface area (Å²) in [7, 11) is 0. The Labute approximate surface area is 429 Å². The molecule has 3 heterocycles. The summed E-state index contributed by atoms with van der Waals surface area (Å²) >= 11 is 0. The van der Waals surface area contributed by atoms with E-state index in [0.717, 1.165) is 44.9 Å². The van der Waals surface area contributed by atoms with Crippen molar-refractivity contribution in [3.63, 3.8) is 0 Å². The third-order valence-electron chi connectivity index (χ3n) is 14.3. The van der Waals surface area contributed by atoms with Gasteiger partial charge in [0.25, 0.3) is 0 Å². The molecule has 0 aromatic rings. The van der Waals surface area contributed by atoms with Crippen LogP contribution in [0.3, 0.4) is 0 Å². The second kappa shape index (κ2) is 38.1. The molecule has 19 nitrogen and oxygen atoms in total. The summed E-state index contributed by atoms with van der Waals surface area (Å²) in [4.78, 5) is 13.3. The van der Waals surface area contributed by atoms with Crippen LogP contribution in [0.5, 0.6) is 0 Å². The van der Waals surface area contributed by atoms with Crippen molar-refractivity contribution in [3.8, 4) is 0 Å². The van der Waals surface area contributed by atoms with E-state index in [1.165, 1.54) is 116 Å². The quantitative estimate of drug-likeness (QED) is 0.0309. The van der Waals surface area contributed by atoms with Gasteiger partial charge >= 0.3 is 0 Å². The number of carbonyl (C=O) groups excluding carboxylic acids is 1. The van der Waals surface area contributed by atoms with Gasteiger partial charge in [0.05, 0.1) is 38.6 Å². The van der Waals surface area contributed by atoms with Gasteiger partial charge in [-0.2, -0.15) is 0 Å². The number of ether oxygens (including phenoxy) is 6. The van der Waals surface area contributed by atoms with E-state index in [-0.39, 0.29) is 18.9 Å². The van der Waals surface area contributed by atoms with Gasteiger partial charge in [-0.15, -0.1) is 0 Å². The largest absolute Gasteiger partial charge is 0.394 e. The Bertz CT molecular complexity index is 1380. The molecule has 3 aliphatic rings. The number of hydrogen-bond acceptors (Lipinski definition) is 18. The van der Waals surface area contributed by atoms with Gasteiger partial charge in [0.15, 0.2) is 18.9 Å². The lowest BCUT2D eigenvalue weighted by Crippen LogP contribution is -2.66. The minimum Gasteiger partial charge on any atom is -0.394 e. The number of carbonyl (C=O) groups is 1. The van der Waals surface area contributed by atoms with Crippen molar-refractivity contribution in [3.05, 3.63) is 12.2 Å². The Morgan fingerprint density at radius 1 is 0.486 bits per heavy atom. The molecule has 3 rings (SSSR count). The van der Waals surface area contributed by atoms with Crippen LogP contribution in [0.4, 0.5) is 0 Å². The lowest BCUT2D eigenvalue weighted by Gasteiger charge is -2.48. The van der Waals surface area contributed by atoms with Gasteiger partial charge in [-0.3, -0.25) is 4.79 Å². The first-order valence-electron chi connectivity index (χ1n) is 27.9. The molecule has 12 N–H and O–H groups in total. The molecule has 0 bridgehead atoms. The number of hydrogen-bond donors (Lipinski definition) is 12. The number of allylic oxidation sites excluding steroid dienone is 1. The predicted octanol–water partition coefficient (Wildman–Crippen LogP) is 3.43. The Kier molecular flexibility index (Phi) is 34.3. The van der Waals surface area contributed by atoms with Gasteiger partial charge in [-0.25, -0.2) is 0 Å². The fraction of sp³-hybridized carbons (Fsp3) is 0.943. The molecule has 3 saturated heterocycles. The Balaban J connectivity index is 1.53. The highest BCUT2D eigenvalue weighted by molar-refractivity contribution is 5.76. The van der Waals surface area contributed by atoms with Crippen LogP contribution in [0.2, 0.25) is 0 Å². The van der Waals surface area contributed by atoms with E-state index in [9.17, 15) is 61.0 Å². The van der Waals surface area contributed by atoms with Gasteiger partial charge in [0, 0.05) is 6.42 Å². The standard InChI is InChI=1S/C53H99NO18/c1-3-5-7-9-11-13-15-16-17-18-19-21-23-25-27-29-31-41(59)54-36(37(58)30-28-26-24-22-20-14-12-10-8-6-4-2)35-67-51-47(65)44(62)49(39(33-56)69-51)72-53-48(66)45(63)50(40(34-57)70-53)71-52-46(64)43(61)42(60)38(32-55)68-52/h28,30,36-40,42-53,55-58,60-66H,3-27,29,31-35H2,1-2H3,(H,54,59)/b30-28+.